The monoisotopic (exact) mass is 343 g/mol. The van der Waals surface area contributed by atoms with Gasteiger partial charge in [0.25, 0.3) is 0 Å². The average Bonchev–Trinajstić information content (AvgIpc) is 2.60. The Kier molecular flexibility index (Phi) is 6.41. The summed E-state index contributed by atoms with van der Waals surface area (Å²) in [6.07, 6.45) is 4.55. The number of carbonyl (C=O) groups is 2. The summed E-state index contributed by atoms with van der Waals surface area (Å²) in [6.45, 7) is 3.52. The SMILES string of the molecule is CC(C)[C@H](N)C(=O)NCC(=O)Nc1cccc(Oc2cnccn2)c1. The van der Waals surface area contributed by atoms with Crippen molar-refractivity contribution in [2.24, 2.45) is 11.7 Å². The number of hydrogen-bond donors (Lipinski definition) is 3. The summed E-state index contributed by atoms with van der Waals surface area (Å²) in [7, 11) is 0. The third-order valence-electron chi connectivity index (χ3n) is 3.32. The molecule has 2 aromatic rings. The van der Waals surface area contributed by atoms with Gasteiger partial charge in [0, 0.05) is 24.1 Å². The zero-order chi connectivity index (χ0) is 18.2. The highest BCUT2D eigenvalue weighted by molar-refractivity contribution is 5.95. The molecule has 0 aliphatic rings. The predicted octanol–water partition coefficient (Wildman–Crippen LogP) is 1.31. The van der Waals surface area contributed by atoms with Gasteiger partial charge >= 0.3 is 0 Å². The first-order chi connectivity index (χ1) is 12.0. The second-order valence-corrected chi connectivity index (χ2v) is 5.71. The molecule has 0 aliphatic carbocycles. The van der Waals surface area contributed by atoms with Crippen LogP contribution in [-0.4, -0.2) is 34.4 Å². The van der Waals surface area contributed by atoms with Crippen molar-refractivity contribution < 1.29 is 14.3 Å². The molecule has 132 valence electrons. The molecule has 8 heteroatoms. The summed E-state index contributed by atoms with van der Waals surface area (Å²) >= 11 is 0. The smallest absolute Gasteiger partial charge is 0.243 e. The molecule has 8 nitrogen and oxygen atoms in total. The maximum atomic E-state index is 11.9. The molecule has 0 aliphatic heterocycles. The first-order valence-electron chi connectivity index (χ1n) is 7.83. The van der Waals surface area contributed by atoms with Gasteiger partial charge in [-0.25, -0.2) is 4.98 Å². The minimum atomic E-state index is -0.642. The van der Waals surface area contributed by atoms with E-state index in [4.69, 9.17) is 10.5 Å². The Morgan fingerprint density at radius 2 is 2.08 bits per heavy atom. The standard InChI is InChI=1S/C17H21N5O3/c1-11(2)16(18)17(24)21-9-14(23)22-12-4-3-5-13(8-12)25-15-10-19-6-7-20-15/h3-8,10-11,16H,9,18H2,1-2H3,(H,21,24)(H,22,23)/t16-/m0/s1. The summed E-state index contributed by atoms with van der Waals surface area (Å²) < 4.78 is 5.55. The second-order valence-electron chi connectivity index (χ2n) is 5.71. The quantitative estimate of drug-likeness (QED) is 0.697. The molecule has 25 heavy (non-hydrogen) atoms. The zero-order valence-corrected chi connectivity index (χ0v) is 14.1. The van der Waals surface area contributed by atoms with Gasteiger partial charge in [-0.1, -0.05) is 19.9 Å². The molecule has 4 N–H and O–H groups in total. The van der Waals surface area contributed by atoms with E-state index in [1.807, 2.05) is 13.8 Å². The topological polar surface area (TPSA) is 119 Å². The molecule has 1 atom stereocenters. The summed E-state index contributed by atoms with van der Waals surface area (Å²) in [5, 5.41) is 5.19. The fourth-order valence-corrected chi connectivity index (χ4v) is 1.89. The Balaban J connectivity index is 1.89. The lowest BCUT2D eigenvalue weighted by molar-refractivity contribution is -0.125. The van der Waals surface area contributed by atoms with Crippen LogP contribution in [0.5, 0.6) is 11.6 Å². The Hall–Kier alpha value is -3.00. The van der Waals surface area contributed by atoms with Crippen molar-refractivity contribution in [1.29, 1.82) is 0 Å². The van der Waals surface area contributed by atoms with Gasteiger partial charge in [-0.3, -0.25) is 14.6 Å². The van der Waals surface area contributed by atoms with E-state index >= 15 is 0 Å². The fraction of sp³-hybridized carbons (Fsp3) is 0.294. The van der Waals surface area contributed by atoms with Crippen molar-refractivity contribution in [2.45, 2.75) is 19.9 Å². The van der Waals surface area contributed by atoms with Gasteiger partial charge in [0.05, 0.1) is 18.8 Å². The van der Waals surface area contributed by atoms with Gasteiger partial charge < -0.3 is 21.1 Å². The van der Waals surface area contributed by atoms with E-state index in [0.717, 1.165) is 0 Å². The Labute approximate surface area is 145 Å². The number of nitrogens with one attached hydrogen (secondary N) is 2. The number of carbonyl (C=O) groups excluding carboxylic acids is 2. The molecule has 0 spiro atoms. The van der Waals surface area contributed by atoms with E-state index < -0.39 is 6.04 Å². The van der Waals surface area contributed by atoms with Crippen molar-refractivity contribution >= 4 is 17.5 Å². The molecule has 0 unspecified atom stereocenters. The molecular formula is C17H21N5O3. The average molecular weight is 343 g/mol. The number of hydrogen-bond acceptors (Lipinski definition) is 6. The number of nitrogens with two attached hydrogens (primary N) is 1. The first kappa shape index (κ1) is 18.3. The van der Waals surface area contributed by atoms with Gasteiger partial charge in [0.2, 0.25) is 17.7 Å². The van der Waals surface area contributed by atoms with Crippen LogP contribution in [0.3, 0.4) is 0 Å². The van der Waals surface area contributed by atoms with Crippen LogP contribution in [0.25, 0.3) is 0 Å². The third-order valence-corrected chi connectivity index (χ3v) is 3.32. The predicted molar refractivity (Wildman–Crippen MR) is 93.0 cm³/mol. The molecule has 0 saturated carbocycles. The Morgan fingerprint density at radius 1 is 1.28 bits per heavy atom. The lowest BCUT2D eigenvalue weighted by Gasteiger charge is -2.15. The molecule has 2 amide bonds. The summed E-state index contributed by atoms with van der Waals surface area (Å²) in [6, 6.07) is 6.18. The normalized spacial score (nSPS) is 11.7. The van der Waals surface area contributed by atoms with Crippen LogP contribution in [0.1, 0.15) is 13.8 Å². The van der Waals surface area contributed by atoms with Crippen LogP contribution in [0, 0.1) is 5.92 Å². The van der Waals surface area contributed by atoms with Crippen LogP contribution >= 0.6 is 0 Å². The van der Waals surface area contributed by atoms with Crippen LogP contribution in [0.2, 0.25) is 0 Å². The Morgan fingerprint density at radius 3 is 2.76 bits per heavy atom. The van der Waals surface area contributed by atoms with E-state index in [1.54, 1.807) is 30.5 Å². The van der Waals surface area contributed by atoms with Crippen molar-refractivity contribution in [3.05, 3.63) is 42.9 Å². The van der Waals surface area contributed by atoms with Crippen molar-refractivity contribution in [1.82, 2.24) is 15.3 Å². The van der Waals surface area contributed by atoms with Crippen molar-refractivity contribution in [2.75, 3.05) is 11.9 Å². The molecule has 0 fully saturated rings. The molecule has 1 aromatic heterocycles. The number of aromatic nitrogens is 2. The molecular weight excluding hydrogens is 322 g/mol. The highest BCUT2D eigenvalue weighted by Crippen LogP contribution is 2.21. The molecule has 0 saturated heterocycles. The van der Waals surface area contributed by atoms with Gasteiger partial charge in [-0.15, -0.1) is 0 Å². The van der Waals surface area contributed by atoms with Gasteiger partial charge in [-0.05, 0) is 18.1 Å². The largest absolute Gasteiger partial charge is 0.437 e. The number of amides is 2. The minimum Gasteiger partial charge on any atom is -0.437 e. The van der Waals surface area contributed by atoms with E-state index in [-0.39, 0.29) is 24.3 Å². The van der Waals surface area contributed by atoms with Gasteiger partial charge in [0.1, 0.15) is 5.75 Å². The van der Waals surface area contributed by atoms with E-state index in [2.05, 4.69) is 20.6 Å². The summed E-state index contributed by atoms with van der Waals surface area (Å²) in [4.78, 5) is 31.6. The minimum absolute atomic E-state index is 0.00187. The van der Waals surface area contributed by atoms with Crippen molar-refractivity contribution in [3.63, 3.8) is 0 Å². The maximum absolute atomic E-state index is 11.9. The number of ether oxygens (including phenoxy) is 1. The van der Waals surface area contributed by atoms with E-state index in [0.29, 0.717) is 17.3 Å². The lowest BCUT2D eigenvalue weighted by atomic mass is 10.1. The highest BCUT2D eigenvalue weighted by Gasteiger charge is 2.17. The number of benzene rings is 1. The summed E-state index contributed by atoms with van der Waals surface area (Å²) in [5.74, 6) is 0.133. The molecule has 1 aromatic carbocycles. The van der Waals surface area contributed by atoms with E-state index in [1.165, 1.54) is 12.4 Å². The van der Waals surface area contributed by atoms with Crippen LogP contribution in [0.15, 0.2) is 42.9 Å². The lowest BCUT2D eigenvalue weighted by Crippen LogP contribution is -2.46. The van der Waals surface area contributed by atoms with E-state index in [9.17, 15) is 9.59 Å². The molecule has 2 rings (SSSR count). The highest BCUT2D eigenvalue weighted by atomic mass is 16.5. The zero-order valence-electron chi connectivity index (χ0n) is 14.1. The van der Waals surface area contributed by atoms with Crippen LogP contribution in [0.4, 0.5) is 5.69 Å². The number of anilines is 1. The Bertz CT molecular complexity index is 721. The molecule has 0 radical (unpaired) electrons. The number of nitrogens with zero attached hydrogens (tertiary/aromatic N) is 2. The second kappa shape index (κ2) is 8.74. The van der Waals surface area contributed by atoms with Gasteiger partial charge in [0.15, 0.2) is 0 Å². The van der Waals surface area contributed by atoms with Gasteiger partial charge in [-0.2, -0.15) is 0 Å². The van der Waals surface area contributed by atoms with Crippen LogP contribution in [-0.2, 0) is 9.59 Å². The van der Waals surface area contributed by atoms with Crippen LogP contribution < -0.4 is 21.1 Å². The first-order valence-corrected chi connectivity index (χ1v) is 7.83. The fourth-order valence-electron chi connectivity index (χ4n) is 1.89. The maximum Gasteiger partial charge on any atom is 0.243 e. The third kappa shape index (κ3) is 5.85. The molecule has 1 heterocycles. The van der Waals surface area contributed by atoms with Crippen molar-refractivity contribution in [3.8, 4) is 11.6 Å². The summed E-state index contributed by atoms with van der Waals surface area (Å²) in [5.41, 5.74) is 6.26. The molecule has 0 bridgehead atoms. The number of rotatable bonds is 7.